The molecule has 1 N–H and O–H groups in total. The molecule has 7 heteroatoms. The summed E-state index contributed by atoms with van der Waals surface area (Å²) in [5.74, 6) is -1.23. The second kappa shape index (κ2) is 9.25. The molecule has 0 saturated carbocycles. The van der Waals surface area contributed by atoms with Crippen LogP contribution in [0.1, 0.15) is 46.2 Å². The Kier molecular flexibility index (Phi) is 6.37. The number of halogens is 1. The molecule has 2 heterocycles. The molecule has 0 spiro atoms. The number of ketones is 1. The van der Waals surface area contributed by atoms with Gasteiger partial charge in [-0.3, -0.25) is 14.5 Å². The molecule has 1 unspecified atom stereocenters. The maximum Gasteiger partial charge on any atom is 0.325 e. The number of imide groups is 1. The van der Waals surface area contributed by atoms with Crippen molar-refractivity contribution in [3.8, 4) is 0 Å². The normalized spacial score (nSPS) is 17.8. The Morgan fingerprint density at radius 3 is 2.35 bits per heavy atom. The molecule has 1 aromatic heterocycles. The van der Waals surface area contributed by atoms with Gasteiger partial charge in [0.15, 0.2) is 5.78 Å². The molecule has 1 aliphatic heterocycles. The van der Waals surface area contributed by atoms with Gasteiger partial charge in [-0.1, -0.05) is 49.4 Å². The Morgan fingerprint density at radius 1 is 1.03 bits per heavy atom. The largest absolute Gasteiger partial charge is 0.348 e. The van der Waals surface area contributed by atoms with Crippen molar-refractivity contribution >= 4 is 17.7 Å². The van der Waals surface area contributed by atoms with Crippen molar-refractivity contribution < 1.29 is 18.8 Å². The average Bonchev–Trinajstić information content (AvgIpc) is 3.26. The van der Waals surface area contributed by atoms with E-state index in [4.69, 9.17) is 0 Å². The summed E-state index contributed by atoms with van der Waals surface area (Å²) in [4.78, 5) is 40.2. The van der Waals surface area contributed by atoms with Crippen LogP contribution in [-0.4, -0.2) is 33.7 Å². The highest BCUT2D eigenvalue weighted by Gasteiger charge is 2.51. The molecule has 3 aromatic rings. The number of carbonyl (C=O) groups is 3. The smallest absolute Gasteiger partial charge is 0.325 e. The van der Waals surface area contributed by atoms with E-state index < -0.39 is 23.3 Å². The molecule has 1 aliphatic rings. The maximum absolute atomic E-state index is 13.4. The van der Waals surface area contributed by atoms with Crippen LogP contribution in [0.25, 0.3) is 0 Å². The van der Waals surface area contributed by atoms with Crippen LogP contribution in [0.4, 0.5) is 9.18 Å². The number of rotatable bonds is 8. The molecular formula is C27H28FN3O3. The fourth-order valence-electron chi connectivity index (χ4n) is 4.69. The Hall–Kier alpha value is -3.74. The summed E-state index contributed by atoms with van der Waals surface area (Å²) in [5, 5.41) is 2.74. The van der Waals surface area contributed by atoms with E-state index in [0.717, 1.165) is 29.3 Å². The van der Waals surface area contributed by atoms with Crippen molar-refractivity contribution in [1.29, 1.82) is 0 Å². The monoisotopic (exact) mass is 461 g/mol. The summed E-state index contributed by atoms with van der Waals surface area (Å²) in [6.07, 6.45) is 1.11. The molecule has 1 fully saturated rings. The van der Waals surface area contributed by atoms with Crippen LogP contribution < -0.4 is 5.32 Å². The number of aromatic nitrogens is 1. The topological polar surface area (TPSA) is 71.4 Å². The first kappa shape index (κ1) is 23.4. The third kappa shape index (κ3) is 4.14. The fourth-order valence-corrected chi connectivity index (χ4v) is 4.69. The van der Waals surface area contributed by atoms with Gasteiger partial charge >= 0.3 is 6.03 Å². The van der Waals surface area contributed by atoms with E-state index >= 15 is 0 Å². The maximum atomic E-state index is 13.4. The van der Waals surface area contributed by atoms with Crippen LogP contribution in [0.5, 0.6) is 0 Å². The Balaban J connectivity index is 1.53. The lowest BCUT2D eigenvalue weighted by molar-refractivity contribution is -0.131. The standard InChI is InChI=1S/C27H28FN3O3/c1-4-27(21-10-12-22(28)13-11-21)25(33)31(26(34)29-27)17-24(32)23-16-18(2)30(19(23)3)15-14-20-8-6-5-7-9-20/h5-13,16H,4,14-15,17H2,1-3H3,(H,29,34). The summed E-state index contributed by atoms with van der Waals surface area (Å²) in [7, 11) is 0. The Labute approximate surface area is 198 Å². The zero-order valence-corrected chi connectivity index (χ0v) is 19.6. The molecular weight excluding hydrogens is 433 g/mol. The molecule has 34 heavy (non-hydrogen) atoms. The van der Waals surface area contributed by atoms with E-state index in [1.165, 1.54) is 29.8 Å². The molecule has 1 atom stereocenters. The van der Waals surface area contributed by atoms with Crippen molar-refractivity contribution in [3.63, 3.8) is 0 Å². The van der Waals surface area contributed by atoms with Crippen LogP contribution in [0.3, 0.4) is 0 Å². The SMILES string of the molecule is CCC1(c2ccc(F)cc2)NC(=O)N(CC(=O)c2cc(C)n(CCc3ccccc3)c2C)C1=O. The third-order valence-corrected chi connectivity index (χ3v) is 6.69. The van der Waals surface area contributed by atoms with Gasteiger partial charge < -0.3 is 9.88 Å². The number of benzene rings is 2. The number of nitrogens with zero attached hydrogens (tertiary/aromatic N) is 2. The van der Waals surface area contributed by atoms with Crippen molar-refractivity contribution in [2.75, 3.05) is 6.54 Å². The second-order valence-corrected chi connectivity index (χ2v) is 8.68. The van der Waals surface area contributed by atoms with Gasteiger partial charge in [-0.25, -0.2) is 9.18 Å². The van der Waals surface area contributed by atoms with Gasteiger partial charge in [-0.2, -0.15) is 0 Å². The summed E-state index contributed by atoms with van der Waals surface area (Å²) in [6.45, 7) is 5.97. The summed E-state index contributed by atoms with van der Waals surface area (Å²) in [5.41, 5.74) is 2.65. The number of hydrogen-bond acceptors (Lipinski definition) is 3. The van der Waals surface area contributed by atoms with Gasteiger partial charge in [0.1, 0.15) is 11.4 Å². The molecule has 4 rings (SSSR count). The predicted molar refractivity (Wildman–Crippen MR) is 127 cm³/mol. The summed E-state index contributed by atoms with van der Waals surface area (Å²) < 4.78 is 15.5. The van der Waals surface area contributed by atoms with Crippen molar-refractivity contribution in [2.24, 2.45) is 0 Å². The van der Waals surface area contributed by atoms with E-state index in [2.05, 4.69) is 22.0 Å². The highest BCUT2D eigenvalue weighted by molar-refractivity contribution is 6.11. The zero-order chi connectivity index (χ0) is 24.5. The molecule has 6 nitrogen and oxygen atoms in total. The van der Waals surface area contributed by atoms with E-state index in [-0.39, 0.29) is 18.7 Å². The van der Waals surface area contributed by atoms with Crippen LogP contribution in [0, 0.1) is 19.7 Å². The number of Topliss-reactive ketones (excluding diaryl/α,β-unsaturated/α-hetero) is 1. The van der Waals surface area contributed by atoms with Crippen molar-refractivity contribution in [3.05, 3.63) is 94.6 Å². The number of carbonyl (C=O) groups excluding carboxylic acids is 3. The van der Waals surface area contributed by atoms with E-state index in [1.807, 2.05) is 38.1 Å². The number of amides is 3. The van der Waals surface area contributed by atoms with Gasteiger partial charge in [0.25, 0.3) is 5.91 Å². The lowest BCUT2D eigenvalue weighted by Gasteiger charge is -2.25. The Bertz CT molecular complexity index is 1230. The van der Waals surface area contributed by atoms with Crippen LogP contribution in [-0.2, 0) is 23.3 Å². The zero-order valence-electron chi connectivity index (χ0n) is 19.6. The average molecular weight is 462 g/mol. The summed E-state index contributed by atoms with van der Waals surface area (Å²) >= 11 is 0. The van der Waals surface area contributed by atoms with Crippen LogP contribution >= 0.6 is 0 Å². The van der Waals surface area contributed by atoms with Gasteiger partial charge in [0.05, 0.1) is 6.54 Å². The van der Waals surface area contributed by atoms with Crippen molar-refractivity contribution in [2.45, 2.75) is 45.7 Å². The number of aryl methyl sites for hydroxylation is 2. The number of hydrogen-bond donors (Lipinski definition) is 1. The molecule has 3 amide bonds. The summed E-state index contributed by atoms with van der Waals surface area (Å²) in [6, 6.07) is 16.8. The van der Waals surface area contributed by atoms with Crippen LogP contribution in [0.15, 0.2) is 60.7 Å². The first-order chi connectivity index (χ1) is 16.3. The molecule has 176 valence electrons. The van der Waals surface area contributed by atoms with Gasteiger partial charge in [-0.05, 0) is 56.0 Å². The quantitative estimate of drug-likeness (QED) is 0.396. The highest BCUT2D eigenvalue weighted by Crippen LogP contribution is 2.33. The predicted octanol–water partition coefficient (Wildman–Crippen LogP) is 4.53. The van der Waals surface area contributed by atoms with Gasteiger partial charge in [-0.15, -0.1) is 0 Å². The Morgan fingerprint density at radius 2 is 1.71 bits per heavy atom. The van der Waals surface area contributed by atoms with Gasteiger partial charge in [0.2, 0.25) is 0 Å². The van der Waals surface area contributed by atoms with E-state index in [9.17, 15) is 18.8 Å². The van der Waals surface area contributed by atoms with Gasteiger partial charge in [0, 0.05) is 23.5 Å². The molecule has 0 aliphatic carbocycles. The lowest BCUT2D eigenvalue weighted by Crippen LogP contribution is -2.43. The first-order valence-corrected chi connectivity index (χ1v) is 11.4. The van der Waals surface area contributed by atoms with Crippen LogP contribution in [0.2, 0.25) is 0 Å². The number of nitrogens with one attached hydrogen (secondary N) is 1. The molecule has 0 radical (unpaired) electrons. The minimum atomic E-state index is -1.31. The van der Waals surface area contributed by atoms with E-state index in [0.29, 0.717) is 11.1 Å². The minimum absolute atomic E-state index is 0.280. The molecule has 0 bridgehead atoms. The minimum Gasteiger partial charge on any atom is -0.348 e. The third-order valence-electron chi connectivity index (χ3n) is 6.69. The highest BCUT2D eigenvalue weighted by atomic mass is 19.1. The van der Waals surface area contributed by atoms with E-state index in [1.54, 1.807) is 6.92 Å². The second-order valence-electron chi connectivity index (χ2n) is 8.68. The molecule has 2 aromatic carbocycles. The number of urea groups is 1. The first-order valence-electron chi connectivity index (χ1n) is 11.4. The molecule has 1 saturated heterocycles. The lowest BCUT2D eigenvalue weighted by atomic mass is 9.87. The fraction of sp³-hybridized carbons (Fsp3) is 0.296. The van der Waals surface area contributed by atoms with Crippen molar-refractivity contribution in [1.82, 2.24) is 14.8 Å².